The zero-order valence-electron chi connectivity index (χ0n) is 11.0. The summed E-state index contributed by atoms with van der Waals surface area (Å²) in [7, 11) is 1.76. The predicted octanol–water partition coefficient (Wildman–Crippen LogP) is 2.07. The smallest absolute Gasteiger partial charge is 0.226 e. The number of nitrogens with two attached hydrogens (primary N) is 1. The molecule has 0 spiro atoms. The summed E-state index contributed by atoms with van der Waals surface area (Å²) in [5, 5.41) is 0. The van der Waals surface area contributed by atoms with Crippen LogP contribution in [0.4, 0.5) is 5.69 Å². The van der Waals surface area contributed by atoms with E-state index in [1.54, 1.807) is 24.1 Å². The maximum Gasteiger partial charge on any atom is 0.226 e. The number of hydrogen-bond acceptors (Lipinski definition) is 3. The van der Waals surface area contributed by atoms with E-state index < -0.39 is 0 Å². The number of likely N-dealkylation sites (N-methyl/N-ethyl adjacent to an activating group) is 1. The molecule has 0 heterocycles. The molecule has 0 bridgehead atoms. The van der Waals surface area contributed by atoms with Crippen molar-refractivity contribution in [3.63, 3.8) is 0 Å². The van der Waals surface area contributed by atoms with Gasteiger partial charge in [0.25, 0.3) is 0 Å². The van der Waals surface area contributed by atoms with E-state index in [1.807, 2.05) is 19.1 Å². The van der Waals surface area contributed by atoms with Gasteiger partial charge in [0.15, 0.2) is 0 Å². The van der Waals surface area contributed by atoms with Crippen LogP contribution >= 0.6 is 0 Å². The minimum absolute atomic E-state index is 0.0434. The lowest BCUT2D eigenvalue weighted by molar-refractivity contribution is -0.130. The second-order valence-corrected chi connectivity index (χ2v) is 4.38. The van der Waals surface area contributed by atoms with Crippen LogP contribution in [0.3, 0.4) is 0 Å². The Kier molecular flexibility index (Phi) is 5.24. The summed E-state index contributed by atoms with van der Waals surface area (Å²) in [6, 6.07) is 7.17. The molecule has 98 valence electrons. The molecule has 1 rings (SSSR count). The molecule has 0 unspecified atom stereocenters. The van der Waals surface area contributed by atoms with Gasteiger partial charge in [-0.1, -0.05) is 18.2 Å². The fourth-order valence-electron chi connectivity index (χ4n) is 1.54. The molecule has 0 radical (unpaired) electrons. The maximum atomic E-state index is 11.7. The first-order chi connectivity index (χ1) is 8.49. The van der Waals surface area contributed by atoms with Crippen LogP contribution in [0.2, 0.25) is 0 Å². The lowest BCUT2D eigenvalue weighted by atomic mass is 10.3. The van der Waals surface area contributed by atoms with Gasteiger partial charge in [-0.25, -0.2) is 0 Å². The summed E-state index contributed by atoms with van der Waals surface area (Å²) in [6.45, 7) is 6.60. The highest BCUT2D eigenvalue weighted by molar-refractivity contribution is 5.76. The van der Waals surface area contributed by atoms with Gasteiger partial charge in [-0.3, -0.25) is 4.79 Å². The van der Waals surface area contributed by atoms with Gasteiger partial charge in [-0.05, 0) is 19.1 Å². The van der Waals surface area contributed by atoms with E-state index in [4.69, 9.17) is 10.5 Å². The minimum Gasteiger partial charge on any atom is -0.493 e. The third kappa shape index (κ3) is 4.91. The second kappa shape index (κ2) is 6.69. The summed E-state index contributed by atoms with van der Waals surface area (Å²) in [4.78, 5) is 13.4. The van der Waals surface area contributed by atoms with Crippen LogP contribution in [0.1, 0.15) is 13.3 Å². The molecule has 0 atom stereocenters. The van der Waals surface area contributed by atoms with Gasteiger partial charge >= 0.3 is 0 Å². The van der Waals surface area contributed by atoms with E-state index in [0.717, 1.165) is 5.57 Å². The Morgan fingerprint density at radius 3 is 2.83 bits per heavy atom. The van der Waals surface area contributed by atoms with Gasteiger partial charge in [0.1, 0.15) is 5.75 Å². The maximum absolute atomic E-state index is 11.7. The standard InChI is InChI=1S/C14H20N2O2/c1-11(2)10-16(3)14(17)7-8-18-13-6-4-5-12(15)9-13/h4-6,9H,1,7-8,10,15H2,2-3H3. The third-order valence-electron chi connectivity index (χ3n) is 2.38. The Balaban J connectivity index is 2.33. The average Bonchev–Trinajstić information content (AvgIpc) is 2.28. The fourth-order valence-corrected chi connectivity index (χ4v) is 1.54. The zero-order valence-corrected chi connectivity index (χ0v) is 11.0. The van der Waals surface area contributed by atoms with Crippen LogP contribution in [-0.4, -0.2) is 31.0 Å². The highest BCUT2D eigenvalue weighted by Crippen LogP contribution is 2.14. The topological polar surface area (TPSA) is 55.6 Å². The van der Waals surface area contributed by atoms with Crippen molar-refractivity contribution in [1.82, 2.24) is 4.90 Å². The Morgan fingerprint density at radius 1 is 1.50 bits per heavy atom. The molecule has 0 fully saturated rings. The number of nitrogens with zero attached hydrogens (tertiary/aromatic N) is 1. The van der Waals surface area contributed by atoms with E-state index in [1.165, 1.54) is 0 Å². The molecule has 0 aliphatic heterocycles. The first-order valence-electron chi connectivity index (χ1n) is 5.85. The third-order valence-corrected chi connectivity index (χ3v) is 2.38. The average molecular weight is 248 g/mol. The molecular weight excluding hydrogens is 228 g/mol. The molecule has 1 aromatic carbocycles. The summed E-state index contributed by atoms with van der Waals surface area (Å²) in [5.41, 5.74) is 7.24. The number of anilines is 1. The number of hydrogen-bond donors (Lipinski definition) is 1. The van der Waals surface area contributed by atoms with Crippen LogP contribution in [0.15, 0.2) is 36.4 Å². The van der Waals surface area contributed by atoms with E-state index in [9.17, 15) is 4.79 Å². The highest BCUT2D eigenvalue weighted by Gasteiger charge is 2.08. The quantitative estimate of drug-likeness (QED) is 0.619. The SMILES string of the molecule is C=C(C)CN(C)C(=O)CCOc1cccc(N)c1. The molecule has 0 saturated heterocycles. The number of nitrogen functional groups attached to an aromatic ring is 1. The molecule has 0 aliphatic carbocycles. The number of carbonyl (C=O) groups excluding carboxylic acids is 1. The van der Waals surface area contributed by atoms with Gasteiger partial charge < -0.3 is 15.4 Å². The van der Waals surface area contributed by atoms with Gasteiger partial charge in [0.2, 0.25) is 5.91 Å². The van der Waals surface area contributed by atoms with Gasteiger partial charge in [0, 0.05) is 25.3 Å². The van der Waals surface area contributed by atoms with Crippen molar-refractivity contribution < 1.29 is 9.53 Å². The van der Waals surface area contributed by atoms with E-state index >= 15 is 0 Å². The number of amides is 1. The molecule has 4 nitrogen and oxygen atoms in total. The summed E-state index contributed by atoms with van der Waals surface area (Å²) < 4.78 is 5.46. The van der Waals surface area contributed by atoms with Crippen LogP contribution < -0.4 is 10.5 Å². The van der Waals surface area contributed by atoms with Crippen molar-refractivity contribution in [2.75, 3.05) is 25.9 Å². The Hall–Kier alpha value is -1.97. The largest absolute Gasteiger partial charge is 0.493 e. The van der Waals surface area contributed by atoms with Crippen LogP contribution in [0.5, 0.6) is 5.75 Å². The van der Waals surface area contributed by atoms with E-state index in [0.29, 0.717) is 31.0 Å². The Morgan fingerprint density at radius 2 is 2.22 bits per heavy atom. The Labute approximate surface area is 108 Å². The first-order valence-corrected chi connectivity index (χ1v) is 5.85. The predicted molar refractivity (Wildman–Crippen MR) is 73.4 cm³/mol. The molecule has 0 aliphatic rings. The molecular formula is C14H20N2O2. The van der Waals surface area contributed by atoms with E-state index in [-0.39, 0.29) is 5.91 Å². The van der Waals surface area contributed by atoms with E-state index in [2.05, 4.69) is 6.58 Å². The molecule has 1 aromatic rings. The van der Waals surface area contributed by atoms with Crippen LogP contribution in [0, 0.1) is 0 Å². The highest BCUT2D eigenvalue weighted by atomic mass is 16.5. The van der Waals surface area contributed by atoms with Crippen molar-refractivity contribution >= 4 is 11.6 Å². The summed E-state index contributed by atoms with van der Waals surface area (Å²) in [6.07, 6.45) is 0.346. The van der Waals surface area contributed by atoms with Crippen molar-refractivity contribution in [3.8, 4) is 5.75 Å². The molecule has 0 aromatic heterocycles. The molecule has 18 heavy (non-hydrogen) atoms. The van der Waals surface area contributed by atoms with Crippen molar-refractivity contribution in [2.45, 2.75) is 13.3 Å². The Bertz CT molecular complexity index is 430. The minimum atomic E-state index is 0.0434. The van der Waals surface area contributed by atoms with Gasteiger partial charge in [-0.2, -0.15) is 0 Å². The van der Waals surface area contributed by atoms with Gasteiger partial charge in [0.05, 0.1) is 13.0 Å². The lowest BCUT2D eigenvalue weighted by Crippen LogP contribution is -2.29. The molecule has 4 heteroatoms. The van der Waals surface area contributed by atoms with Crippen molar-refractivity contribution in [3.05, 3.63) is 36.4 Å². The lowest BCUT2D eigenvalue weighted by Gasteiger charge is -2.17. The van der Waals surface area contributed by atoms with Gasteiger partial charge in [-0.15, -0.1) is 0 Å². The van der Waals surface area contributed by atoms with Crippen molar-refractivity contribution in [2.24, 2.45) is 0 Å². The molecule has 2 N–H and O–H groups in total. The second-order valence-electron chi connectivity index (χ2n) is 4.38. The molecule has 0 saturated carbocycles. The molecule has 1 amide bonds. The fraction of sp³-hybridized carbons (Fsp3) is 0.357. The summed E-state index contributed by atoms with van der Waals surface area (Å²) >= 11 is 0. The first kappa shape index (κ1) is 14.1. The number of ether oxygens (including phenoxy) is 1. The number of carbonyl (C=O) groups is 1. The number of benzene rings is 1. The monoisotopic (exact) mass is 248 g/mol. The van der Waals surface area contributed by atoms with Crippen molar-refractivity contribution in [1.29, 1.82) is 0 Å². The van der Waals surface area contributed by atoms with Crippen LogP contribution in [-0.2, 0) is 4.79 Å². The zero-order chi connectivity index (χ0) is 13.5. The number of rotatable bonds is 6. The summed E-state index contributed by atoms with van der Waals surface area (Å²) in [5.74, 6) is 0.729. The van der Waals surface area contributed by atoms with Crippen LogP contribution in [0.25, 0.3) is 0 Å². The normalized spacial score (nSPS) is 9.89.